The highest BCUT2D eigenvalue weighted by atomic mass is 16.5. The topological polar surface area (TPSA) is 35.5 Å². The Hall–Kier alpha value is -2.55. The second-order valence-electron chi connectivity index (χ2n) is 9.38. The molecule has 2 rings (SSSR count). The van der Waals surface area contributed by atoms with E-state index in [2.05, 4.69) is 64.1 Å². The second kappa shape index (κ2) is 9.51. The number of hydrogen-bond acceptors (Lipinski definition) is 3. The van der Waals surface area contributed by atoms with Crippen molar-refractivity contribution in [1.82, 2.24) is 0 Å². The number of fused-ring (bicyclic) bond motifs is 1. The maximum absolute atomic E-state index is 11.4. The third kappa shape index (κ3) is 5.53. The molecule has 0 radical (unpaired) electrons. The number of allylic oxidation sites excluding steroid dienone is 5. The van der Waals surface area contributed by atoms with Crippen molar-refractivity contribution in [3.05, 3.63) is 71.4 Å². The Bertz CT molecular complexity index is 895. The predicted octanol–water partition coefficient (Wildman–Crippen LogP) is 6.68. The lowest BCUT2D eigenvalue weighted by Gasteiger charge is -2.42. The first-order chi connectivity index (χ1) is 14.0. The van der Waals surface area contributed by atoms with Gasteiger partial charge in [0.05, 0.1) is 7.11 Å². The molecule has 0 fully saturated rings. The van der Waals surface area contributed by atoms with Gasteiger partial charge < -0.3 is 9.47 Å². The van der Waals surface area contributed by atoms with Crippen LogP contribution in [0.3, 0.4) is 0 Å². The molecule has 0 heterocycles. The van der Waals surface area contributed by atoms with Crippen LogP contribution >= 0.6 is 0 Å². The number of ether oxygens (including phenoxy) is 2. The zero-order chi connectivity index (χ0) is 22.5. The maximum Gasteiger partial charge on any atom is 0.330 e. The van der Waals surface area contributed by atoms with E-state index < -0.39 is 0 Å². The van der Waals surface area contributed by atoms with Gasteiger partial charge in [0.25, 0.3) is 0 Å². The summed E-state index contributed by atoms with van der Waals surface area (Å²) < 4.78 is 10.7. The second-order valence-corrected chi connectivity index (χ2v) is 9.38. The van der Waals surface area contributed by atoms with Gasteiger partial charge in [0, 0.05) is 11.6 Å². The van der Waals surface area contributed by atoms with Crippen molar-refractivity contribution in [3.63, 3.8) is 0 Å². The van der Waals surface area contributed by atoms with E-state index in [-0.39, 0.29) is 16.8 Å². The minimum Gasteiger partial charge on any atom is -0.489 e. The van der Waals surface area contributed by atoms with Crippen LogP contribution in [0, 0.1) is 0 Å². The van der Waals surface area contributed by atoms with Crippen LogP contribution in [0.4, 0.5) is 0 Å². The van der Waals surface area contributed by atoms with Crippen LogP contribution in [0.15, 0.2) is 54.7 Å². The van der Waals surface area contributed by atoms with Crippen molar-refractivity contribution < 1.29 is 14.3 Å². The molecule has 1 aromatic carbocycles. The van der Waals surface area contributed by atoms with Gasteiger partial charge in [-0.2, -0.15) is 0 Å². The minimum atomic E-state index is -0.350. The van der Waals surface area contributed by atoms with E-state index in [1.807, 2.05) is 19.1 Å². The first kappa shape index (κ1) is 23.7. The summed E-state index contributed by atoms with van der Waals surface area (Å²) >= 11 is 0. The van der Waals surface area contributed by atoms with Gasteiger partial charge in [0.2, 0.25) is 0 Å². The molecule has 1 aromatic rings. The molecular formula is C27H36O3. The van der Waals surface area contributed by atoms with Crippen LogP contribution in [0.5, 0.6) is 5.75 Å². The van der Waals surface area contributed by atoms with Crippen LogP contribution in [0.25, 0.3) is 5.57 Å². The summed E-state index contributed by atoms with van der Waals surface area (Å²) in [6.07, 6.45) is 11.5. The van der Waals surface area contributed by atoms with E-state index in [0.29, 0.717) is 6.61 Å². The molecule has 0 saturated heterocycles. The largest absolute Gasteiger partial charge is 0.489 e. The Balaban J connectivity index is 2.51. The molecule has 1 aliphatic carbocycles. The van der Waals surface area contributed by atoms with E-state index in [4.69, 9.17) is 4.74 Å². The third-order valence-electron chi connectivity index (χ3n) is 5.99. The zero-order valence-corrected chi connectivity index (χ0v) is 19.6. The number of rotatable bonds is 7. The summed E-state index contributed by atoms with van der Waals surface area (Å²) in [5, 5.41) is 0. The van der Waals surface area contributed by atoms with Crippen LogP contribution in [-0.2, 0) is 20.4 Å². The standard InChI is InChI=1S/C27H36O3/c1-9-15-30-24-18-23-22(26(4,5)13-14-27(23,6)7)17-21(24)20(3)12-10-11-19(2)16-25(28)29-8/h9-12,16-18H,1,13-15H2,2-8H3/b11-10+,19-16+,20-12-. The van der Waals surface area contributed by atoms with Gasteiger partial charge >= 0.3 is 5.97 Å². The number of hydrogen-bond donors (Lipinski definition) is 0. The monoisotopic (exact) mass is 408 g/mol. The highest BCUT2D eigenvalue weighted by Gasteiger charge is 2.38. The average molecular weight is 409 g/mol. The van der Waals surface area contributed by atoms with Gasteiger partial charge in [-0.15, -0.1) is 0 Å². The Morgan fingerprint density at radius 2 is 1.70 bits per heavy atom. The predicted molar refractivity (Wildman–Crippen MR) is 126 cm³/mol. The quantitative estimate of drug-likeness (QED) is 0.218. The van der Waals surface area contributed by atoms with E-state index in [1.165, 1.54) is 30.7 Å². The smallest absolute Gasteiger partial charge is 0.330 e. The first-order valence-corrected chi connectivity index (χ1v) is 10.6. The summed E-state index contributed by atoms with van der Waals surface area (Å²) in [6.45, 7) is 17.5. The highest BCUT2D eigenvalue weighted by molar-refractivity contribution is 5.83. The van der Waals surface area contributed by atoms with Gasteiger partial charge in [0.15, 0.2) is 0 Å². The van der Waals surface area contributed by atoms with Crippen LogP contribution in [0.2, 0.25) is 0 Å². The van der Waals surface area contributed by atoms with Crippen LogP contribution in [0.1, 0.15) is 71.1 Å². The number of carbonyl (C=O) groups excluding carboxylic acids is 1. The Morgan fingerprint density at radius 1 is 1.10 bits per heavy atom. The summed E-state index contributed by atoms with van der Waals surface area (Å²) in [7, 11) is 1.38. The van der Waals surface area contributed by atoms with Crippen molar-refractivity contribution in [3.8, 4) is 5.75 Å². The average Bonchev–Trinajstić information content (AvgIpc) is 2.69. The lowest BCUT2D eigenvalue weighted by molar-refractivity contribution is -0.134. The summed E-state index contributed by atoms with van der Waals surface area (Å²) in [4.78, 5) is 11.4. The molecule has 30 heavy (non-hydrogen) atoms. The van der Waals surface area contributed by atoms with Crippen molar-refractivity contribution in [2.45, 2.75) is 65.2 Å². The fourth-order valence-electron chi connectivity index (χ4n) is 3.90. The van der Waals surface area contributed by atoms with Crippen molar-refractivity contribution in [1.29, 1.82) is 0 Å². The SMILES string of the molecule is C=CCOc1cc2c(cc1\C(C)=C/C=C/C(C)=C/C(=O)OC)C(C)(C)CCC2(C)C. The third-order valence-corrected chi connectivity index (χ3v) is 5.99. The molecule has 0 saturated carbocycles. The fraction of sp³-hybridized carbons (Fsp3) is 0.444. The molecule has 0 spiro atoms. The highest BCUT2D eigenvalue weighted by Crippen LogP contribution is 2.48. The molecule has 3 nitrogen and oxygen atoms in total. The van der Waals surface area contributed by atoms with Gasteiger partial charge in [-0.3, -0.25) is 0 Å². The van der Waals surface area contributed by atoms with E-state index in [9.17, 15) is 4.79 Å². The lowest BCUT2D eigenvalue weighted by Crippen LogP contribution is -2.34. The summed E-state index contributed by atoms with van der Waals surface area (Å²) in [6, 6.07) is 4.55. The minimum absolute atomic E-state index is 0.128. The first-order valence-electron chi connectivity index (χ1n) is 10.6. The fourth-order valence-corrected chi connectivity index (χ4v) is 3.90. The number of carbonyl (C=O) groups is 1. The molecular weight excluding hydrogens is 372 g/mol. The van der Waals surface area contributed by atoms with E-state index in [1.54, 1.807) is 6.08 Å². The molecule has 0 amide bonds. The van der Waals surface area contributed by atoms with Gasteiger partial charge in [-0.25, -0.2) is 4.79 Å². The Labute approximate surface area is 182 Å². The van der Waals surface area contributed by atoms with Crippen LogP contribution < -0.4 is 4.74 Å². The normalized spacial score (nSPS) is 18.1. The molecule has 0 bridgehead atoms. The van der Waals surface area contributed by atoms with E-state index >= 15 is 0 Å². The molecule has 0 aromatic heterocycles. The molecule has 0 atom stereocenters. The van der Waals surface area contributed by atoms with Crippen LogP contribution in [-0.4, -0.2) is 19.7 Å². The summed E-state index contributed by atoms with van der Waals surface area (Å²) in [5.74, 6) is 0.542. The van der Waals surface area contributed by atoms with Crippen molar-refractivity contribution in [2.75, 3.05) is 13.7 Å². The molecule has 1 aliphatic rings. The van der Waals surface area contributed by atoms with Gasteiger partial charge in [-0.1, -0.05) is 58.6 Å². The number of esters is 1. The Kier molecular flexibility index (Phi) is 7.52. The number of methoxy groups -OCH3 is 1. The van der Waals surface area contributed by atoms with Gasteiger partial charge in [0.1, 0.15) is 12.4 Å². The zero-order valence-electron chi connectivity index (χ0n) is 19.6. The molecule has 0 unspecified atom stereocenters. The molecule has 3 heteroatoms. The molecule has 0 aliphatic heterocycles. The van der Waals surface area contributed by atoms with E-state index in [0.717, 1.165) is 28.9 Å². The lowest BCUT2D eigenvalue weighted by atomic mass is 9.62. The Morgan fingerprint density at radius 3 is 2.27 bits per heavy atom. The maximum atomic E-state index is 11.4. The van der Waals surface area contributed by atoms with Gasteiger partial charge in [-0.05, 0) is 71.9 Å². The number of benzene rings is 1. The van der Waals surface area contributed by atoms with Crippen molar-refractivity contribution in [2.24, 2.45) is 0 Å². The summed E-state index contributed by atoms with van der Waals surface area (Å²) in [5.41, 5.74) is 6.08. The molecule has 0 N–H and O–H groups in total. The molecule has 162 valence electrons. The van der Waals surface area contributed by atoms with Crippen molar-refractivity contribution >= 4 is 11.5 Å².